The quantitative estimate of drug-likeness (QED) is 0.922. The second kappa shape index (κ2) is 4.61. The van der Waals surface area contributed by atoms with E-state index in [1.807, 2.05) is 0 Å². The van der Waals surface area contributed by atoms with Crippen LogP contribution in [0.25, 0.3) is 0 Å². The molecule has 0 atom stereocenters. The minimum atomic E-state index is 0.0435. The summed E-state index contributed by atoms with van der Waals surface area (Å²) in [6.45, 7) is 1.75. The Morgan fingerprint density at radius 2 is 1.40 bits per heavy atom. The van der Waals surface area contributed by atoms with Gasteiger partial charge in [-0.25, -0.2) is 0 Å². The number of ether oxygens (including phenoxy) is 3. The Kier molecular flexibility index (Phi) is 3.68. The van der Waals surface area contributed by atoms with Gasteiger partial charge in [0.05, 0.1) is 25.8 Å². The van der Waals surface area contributed by atoms with E-state index in [0.717, 1.165) is 0 Å². The van der Waals surface area contributed by atoms with Crippen molar-refractivity contribution in [3.8, 4) is 23.0 Å². The molecule has 0 aliphatic heterocycles. The lowest BCUT2D eigenvalue weighted by molar-refractivity contribution is 0.308. The fraction of sp³-hybridized carbons (Fsp3) is 0.400. The molecule has 4 nitrogen and oxygen atoms in total. The third kappa shape index (κ3) is 1.84. The van der Waals surface area contributed by atoms with Gasteiger partial charge in [-0.2, -0.15) is 0 Å². The van der Waals surface area contributed by atoms with Crippen molar-refractivity contribution in [3.05, 3.63) is 10.0 Å². The van der Waals surface area contributed by atoms with Crippen molar-refractivity contribution in [2.24, 2.45) is 0 Å². The van der Waals surface area contributed by atoms with Gasteiger partial charge in [-0.05, 0) is 22.9 Å². The molecule has 15 heavy (non-hydrogen) atoms. The average molecular weight is 277 g/mol. The van der Waals surface area contributed by atoms with Gasteiger partial charge in [0.1, 0.15) is 0 Å². The molecule has 0 amide bonds. The van der Waals surface area contributed by atoms with E-state index in [9.17, 15) is 5.11 Å². The van der Waals surface area contributed by atoms with E-state index in [1.165, 1.54) is 21.3 Å². The van der Waals surface area contributed by atoms with E-state index < -0.39 is 0 Å². The summed E-state index contributed by atoms with van der Waals surface area (Å²) in [7, 11) is 4.48. The standard InChI is InChI=1S/C10H13BrO4/c1-5-6(11)8(13-2)10(15-4)9(14-3)7(5)12/h12H,1-4H3. The number of aromatic hydroxyl groups is 1. The molecular weight excluding hydrogens is 264 g/mol. The van der Waals surface area contributed by atoms with Gasteiger partial charge in [-0.3, -0.25) is 0 Å². The van der Waals surface area contributed by atoms with Gasteiger partial charge in [-0.1, -0.05) is 0 Å². The lowest BCUT2D eigenvalue weighted by Crippen LogP contribution is -1.98. The van der Waals surface area contributed by atoms with Crippen LogP contribution in [0.3, 0.4) is 0 Å². The van der Waals surface area contributed by atoms with Crippen LogP contribution in [0.2, 0.25) is 0 Å². The Bertz CT molecular complexity index is 345. The van der Waals surface area contributed by atoms with Crippen LogP contribution in [0.1, 0.15) is 5.56 Å². The van der Waals surface area contributed by atoms with Crippen molar-refractivity contribution in [1.82, 2.24) is 0 Å². The zero-order chi connectivity index (χ0) is 11.6. The Balaban J connectivity index is 3.59. The van der Waals surface area contributed by atoms with Crippen LogP contribution in [0, 0.1) is 6.92 Å². The first kappa shape index (κ1) is 12.0. The Morgan fingerprint density at radius 3 is 1.80 bits per heavy atom. The Labute approximate surface area is 96.9 Å². The molecule has 0 heterocycles. The number of hydrogen-bond donors (Lipinski definition) is 1. The van der Waals surface area contributed by atoms with Gasteiger partial charge >= 0.3 is 0 Å². The summed E-state index contributed by atoms with van der Waals surface area (Å²) in [5.74, 6) is 1.19. The monoisotopic (exact) mass is 276 g/mol. The number of benzene rings is 1. The number of hydrogen-bond acceptors (Lipinski definition) is 4. The molecule has 0 bridgehead atoms. The summed E-state index contributed by atoms with van der Waals surface area (Å²) in [5.41, 5.74) is 0.643. The molecule has 5 heteroatoms. The van der Waals surface area contributed by atoms with E-state index in [4.69, 9.17) is 14.2 Å². The molecule has 0 aliphatic carbocycles. The lowest BCUT2D eigenvalue weighted by Gasteiger charge is -2.16. The number of methoxy groups -OCH3 is 3. The van der Waals surface area contributed by atoms with E-state index in [0.29, 0.717) is 21.5 Å². The van der Waals surface area contributed by atoms with Gasteiger partial charge in [-0.15, -0.1) is 0 Å². The SMILES string of the molecule is COc1c(O)c(C)c(Br)c(OC)c1OC. The largest absolute Gasteiger partial charge is 0.504 e. The smallest absolute Gasteiger partial charge is 0.208 e. The molecule has 1 aromatic rings. The maximum absolute atomic E-state index is 9.82. The zero-order valence-corrected chi connectivity index (χ0v) is 10.6. The molecule has 0 aromatic heterocycles. The predicted molar refractivity (Wildman–Crippen MR) is 60.2 cm³/mol. The van der Waals surface area contributed by atoms with Crippen molar-refractivity contribution in [1.29, 1.82) is 0 Å². The maximum atomic E-state index is 9.82. The fourth-order valence-electron chi connectivity index (χ4n) is 1.31. The van der Waals surface area contributed by atoms with Crippen LogP contribution in [-0.2, 0) is 0 Å². The molecule has 1 rings (SSSR count). The topological polar surface area (TPSA) is 47.9 Å². The Hall–Kier alpha value is -1.10. The predicted octanol–water partition coefficient (Wildman–Crippen LogP) is 2.49. The van der Waals surface area contributed by atoms with Crippen molar-refractivity contribution in [3.63, 3.8) is 0 Å². The fourth-order valence-corrected chi connectivity index (χ4v) is 1.84. The van der Waals surface area contributed by atoms with Crippen LogP contribution < -0.4 is 14.2 Å². The van der Waals surface area contributed by atoms with Gasteiger partial charge < -0.3 is 19.3 Å². The highest BCUT2D eigenvalue weighted by molar-refractivity contribution is 9.10. The molecule has 0 aliphatic rings. The lowest BCUT2D eigenvalue weighted by atomic mass is 10.1. The molecular formula is C10H13BrO4. The number of phenolic OH excluding ortho intramolecular Hbond substituents is 1. The molecule has 0 saturated carbocycles. The third-order valence-corrected chi connectivity index (χ3v) is 3.08. The van der Waals surface area contributed by atoms with Gasteiger partial charge in [0, 0.05) is 5.56 Å². The van der Waals surface area contributed by atoms with Crippen molar-refractivity contribution >= 4 is 15.9 Å². The first-order valence-corrected chi connectivity index (χ1v) is 5.04. The second-order valence-electron chi connectivity index (χ2n) is 2.89. The summed E-state index contributed by atoms with van der Waals surface area (Å²) in [6.07, 6.45) is 0. The number of rotatable bonds is 3. The van der Waals surface area contributed by atoms with Crippen molar-refractivity contribution in [2.45, 2.75) is 6.92 Å². The van der Waals surface area contributed by atoms with Crippen LogP contribution >= 0.6 is 15.9 Å². The van der Waals surface area contributed by atoms with Crippen LogP contribution in [0.4, 0.5) is 0 Å². The first-order valence-electron chi connectivity index (χ1n) is 4.25. The van der Waals surface area contributed by atoms with E-state index >= 15 is 0 Å². The van der Waals surface area contributed by atoms with Crippen LogP contribution in [0.15, 0.2) is 4.47 Å². The summed E-state index contributed by atoms with van der Waals surface area (Å²) in [5, 5.41) is 9.82. The van der Waals surface area contributed by atoms with Crippen molar-refractivity contribution in [2.75, 3.05) is 21.3 Å². The number of phenols is 1. The normalized spacial score (nSPS) is 9.93. The minimum Gasteiger partial charge on any atom is -0.504 e. The highest BCUT2D eigenvalue weighted by Gasteiger charge is 2.22. The number of halogens is 1. The molecule has 0 saturated heterocycles. The van der Waals surface area contributed by atoms with E-state index in [-0.39, 0.29) is 11.5 Å². The summed E-state index contributed by atoms with van der Waals surface area (Å²) < 4.78 is 16.0. The summed E-state index contributed by atoms with van der Waals surface area (Å²) in [4.78, 5) is 0. The molecule has 0 radical (unpaired) electrons. The minimum absolute atomic E-state index is 0.0435. The maximum Gasteiger partial charge on any atom is 0.208 e. The van der Waals surface area contributed by atoms with Gasteiger partial charge in [0.25, 0.3) is 0 Å². The molecule has 0 spiro atoms. The molecule has 84 valence electrons. The molecule has 0 fully saturated rings. The average Bonchev–Trinajstić information content (AvgIpc) is 2.25. The molecule has 1 N–H and O–H groups in total. The van der Waals surface area contributed by atoms with Crippen molar-refractivity contribution < 1.29 is 19.3 Å². The first-order chi connectivity index (χ1) is 7.08. The molecule has 1 aromatic carbocycles. The zero-order valence-electron chi connectivity index (χ0n) is 9.05. The van der Waals surface area contributed by atoms with E-state index in [2.05, 4.69) is 15.9 Å². The third-order valence-electron chi connectivity index (χ3n) is 2.12. The van der Waals surface area contributed by atoms with E-state index in [1.54, 1.807) is 6.92 Å². The highest BCUT2D eigenvalue weighted by atomic mass is 79.9. The highest BCUT2D eigenvalue weighted by Crippen LogP contribution is 2.50. The Morgan fingerprint density at radius 1 is 0.933 bits per heavy atom. The van der Waals surface area contributed by atoms with Crippen LogP contribution in [-0.4, -0.2) is 26.4 Å². The van der Waals surface area contributed by atoms with Gasteiger partial charge in [0.15, 0.2) is 11.5 Å². The van der Waals surface area contributed by atoms with Gasteiger partial charge in [0.2, 0.25) is 11.5 Å². The van der Waals surface area contributed by atoms with Crippen LogP contribution in [0.5, 0.6) is 23.0 Å². The second-order valence-corrected chi connectivity index (χ2v) is 3.68. The summed E-state index contributed by atoms with van der Waals surface area (Å²) >= 11 is 3.33. The summed E-state index contributed by atoms with van der Waals surface area (Å²) in [6, 6.07) is 0. The molecule has 0 unspecified atom stereocenters.